The van der Waals surface area contributed by atoms with Crippen molar-refractivity contribution < 1.29 is 9.57 Å². The van der Waals surface area contributed by atoms with Crippen molar-refractivity contribution in [2.24, 2.45) is 11.1 Å². The van der Waals surface area contributed by atoms with Crippen molar-refractivity contribution >= 4 is 15.9 Å². The van der Waals surface area contributed by atoms with E-state index >= 15 is 0 Å². The highest BCUT2D eigenvalue weighted by Gasteiger charge is 2.58. The lowest BCUT2D eigenvalue weighted by atomic mass is 9.61. The van der Waals surface area contributed by atoms with E-state index in [1.807, 2.05) is 14.2 Å². The molecule has 3 N–H and O–H groups in total. The molecule has 1 spiro atoms. The first-order chi connectivity index (χ1) is 10.9. The van der Waals surface area contributed by atoms with E-state index < -0.39 is 0 Å². The fraction of sp³-hybridized carbons (Fsp3) is 0.889. The van der Waals surface area contributed by atoms with Crippen LogP contribution in [0.5, 0.6) is 0 Å². The number of hydroxylamine groups is 1. The molecular formula is C18H31BrN2O2. The second-order valence-electron chi connectivity index (χ2n) is 8.03. The largest absolute Gasteiger partial charge is 0.381 e. The highest BCUT2D eigenvalue weighted by molar-refractivity contribution is 9.10. The Morgan fingerprint density at radius 1 is 1.26 bits per heavy atom. The lowest BCUT2D eigenvalue weighted by Gasteiger charge is -2.49. The van der Waals surface area contributed by atoms with Crippen LogP contribution in [0.25, 0.3) is 0 Å². The van der Waals surface area contributed by atoms with Crippen LogP contribution in [0.15, 0.2) is 11.1 Å². The van der Waals surface area contributed by atoms with Gasteiger partial charge in [0.05, 0.1) is 18.2 Å². The zero-order valence-corrected chi connectivity index (χ0v) is 16.3. The summed E-state index contributed by atoms with van der Waals surface area (Å²) in [5.41, 5.74) is 12.9. The first-order valence-corrected chi connectivity index (χ1v) is 9.66. The van der Waals surface area contributed by atoms with Crippen LogP contribution in [0, 0.1) is 5.41 Å². The second-order valence-corrected chi connectivity index (χ2v) is 9.94. The first-order valence-electron chi connectivity index (χ1n) is 8.86. The molecule has 5 heteroatoms. The topological polar surface area (TPSA) is 56.5 Å². The van der Waals surface area contributed by atoms with E-state index in [9.17, 15) is 0 Å². The quantitative estimate of drug-likeness (QED) is 0.441. The minimum Gasteiger partial charge on any atom is -0.381 e. The highest BCUT2D eigenvalue weighted by Crippen LogP contribution is 2.61. The average molecular weight is 387 g/mol. The Labute approximate surface area is 148 Å². The number of hydrogen-bond donors (Lipinski definition) is 2. The molecular weight excluding hydrogens is 356 g/mol. The average Bonchev–Trinajstić information content (AvgIpc) is 2.75. The smallest absolute Gasteiger partial charge is 0.0906 e. The predicted molar refractivity (Wildman–Crippen MR) is 96.5 cm³/mol. The molecule has 0 amide bonds. The lowest BCUT2D eigenvalue weighted by Crippen LogP contribution is -2.59. The van der Waals surface area contributed by atoms with Crippen LogP contribution in [0.1, 0.15) is 58.3 Å². The molecule has 4 nitrogen and oxygen atoms in total. The molecule has 0 aromatic carbocycles. The van der Waals surface area contributed by atoms with Crippen molar-refractivity contribution in [2.75, 3.05) is 20.8 Å². The fourth-order valence-electron chi connectivity index (χ4n) is 5.13. The van der Waals surface area contributed by atoms with Gasteiger partial charge in [0.1, 0.15) is 0 Å². The van der Waals surface area contributed by atoms with Gasteiger partial charge >= 0.3 is 0 Å². The number of ether oxygens (including phenoxy) is 1. The summed E-state index contributed by atoms with van der Waals surface area (Å²) in [5.74, 6) is 0. The van der Waals surface area contributed by atoms with Gasteiger partial charge in [-0.15, -0.1) is 0 Å². The van der Waals surface area contributed by atoms with Crippen LogP contribution in [0.4, 0.5) is 0 Å². The van der Waals surface area contributed by atoms with Gasteiger partial charge in [-0.1, -0.05) is 21.5 Å². The summed E-state index contributed by atoms with van der Waals surface area (Å²) in [4.78, 5) is 5.66. The Morgan fingerprint density at radius 2 is 1.96 bits per heavy atom. The molecule has 132 valence electrons. The number of nitrogens with two attached hydrogens (primary N) is 1. The zero-order chi connectivity index (χ0) is 16.7. The third-order valence-electron chi connectivity index (χ3n) is 6.62. The normalized spacial score (nSPS) is 44.0. The standard InChI is InChI=1S/C18H31BrN2O2/c1-16(19)7-4-13-10-17(8-5-14(22-3)6-9-17)18(20,12-23-21-2)15(13)11-16/h14,21H,4-12,20H2,1-3H3/t14?,16-,17?,18?/m0/s1. The van der Waals surface area contributed by atoms with Crippen molar-refractivity contribution in [2.45, 2.75) is 74.3 Å². The maximum absolute atomic E-state index is 7.13. The maximum atomic E-state index is 7.13. The Balaban J connectivity index is 1.90. The van der Waals surface area contributed by atoms with E-state index in [-0.39, 0.29) is 15.3 Å². The zero-order valence-electron chi connectivity index (χ0n) is 14.7. The molecule has 1 fully saturated rings. The van der Waals surface area contributed by atoms with Gasteiger partial charge in [0.15, 0.2) is 0 Å². The van der Waals surface area contributed by atoms with E-state index in [1.165, 1.54) is 18.4 Å². The van der Waals surface area contributed by atoms with Gasteiger partial charge in [0, 0.05) is 18.5 Å². The first kappa shape index (κ1) is 17.9. The molecule has 0 radical (unpaired) electrons. The van der Waals surface area contributed by atoms with Crippen molar-refractivity contribution in [3.63, 3.8) is 0 Å². The number of nitrogens with one attached hydrogen (secondary N) is 1. The van der Waals surface area contributed by atoms with E-state index in [0.29, 0.717) is 12.7 Å². The third kappa shape index (κ3) is 3.04. The van der Waals surface area contributed by atoms with E-state index in [4.69, 9.17) is 15.3 Å². The van der Waals surface area contributed by atoms with Crippen LogP contribution >= 0.6 is 15.9 Å². The number of rotatable bonds is 4. The molecule has 2 atom stereocenters. The van der Waals surface area contributed by atoms with Crippen LogP contribution < -0.4 is 11.2 Å². The lowest BCUT2D eigenvalue weighted by molar-refractivity contribution is -0.0427. The van der Waals surface area contributed by atoms with E-state index in [2.05, 4.69) is 28.3 Å². The van der Waals surface area contributed by atoms with Crippen LogP contribution in [0.3, 0.4) is 0 Å². The summed E-state index contributed by atoms with van der Waals surface area (Å²) < 4.78 is 5.76. The summed E-state index contributed by atoms with van der Waals surface area (Å²) in [6.45, 7) is 2.85. The molecule has 0 aromatic rings. The van der Waals surface area contributed by atoms with Gasteiger partial charge in [0.2, 0.25) is 0 Å². The molecule has 1 saturated carbocycles. The molecule has 1 unspecified atom stereocenters. The molecule has 3 rings (SSSR count). The number of methoxy groups -OCH3 is 1. The third-order valence-corrected chi connectivity index (χ3v) is 7.30. The Hall–Kier alpha value is 0.0600. The highest BCUT2D eigenvalue weighted by atomic mass is 79.9. The van der Waals surface area contributed by atoms with Crippen LogP contribution in [-0.4, -0.2) is 36.7 Å². The second kappa shape index (κ2) is 6.41. The van der Waals surface area contributed by atoms with Gasteiger partial charge in [-0.25, -0.2) is 5.48 Å². The molecule has 0 heterocycles. The van der Waals surface area contributed by atoms with Gasteiger partial charge in [0.25, 0.3) is 0 Å². The summed E-state index contributed by atoms with van der Waals surface area (Å²) in [7, 11) is 3.65. The van der Waals surface area contributed by atoms with Crippen LogP contribution in [-0.2, 0) is 9.57 Å². The Morgan fingerprint density at radius 3 is 2.57 bits per heavy atom. The minimum atomic E-state index is -0.348. The Bertz CT molecular complexity index is 483. The van der Waals surface area contributed by atoms with Gasteiger partial charge in [-0.3, -0.25) is 4.84 Å². The molecule has 0 bridgehead atoms. The SMILES string of the molecule is CNOCC1(N)C2=C(CC[C@](C)(Br)C2)CC12CCC(OC)CC2. The summed E-state index contributed by atoms with van der Waals surface area (Å²) in [5, 5.41) is 0. The van der Waals surface area contributed by atoms with Crippen molar-refractivity contribution in [3.8, 4) is 0 Å². The van der Waals surface area contributed by atoms with Gasteiger partial charge in [-0.05, 0) is 69.3 Å². The van der Waals surface area contributed by atoms with Crippen molar-refractivity contribution in [3.05, 3.63) is 11.1 Å². The van der Waals surface area contributed by atoms with Gasteiger partial charge in [-0.2, -0.15) is 0 Å². The number of alkyl halides is 1. The van der Waals surface area contributed by atoms with Crippen molar-refractivity contribution in [1.29, 1.82) is 0 Å². The molecule has 0 aromatic heterocycles. The molecule has 3 aliphatic rings. The van der Waals surface area contributed by atoms with E-state index in [0.717, 1.165) is 38.5 Å². The maximum Gasteiger partial charge on any atom is 0.0906 e. The number of halogens is 1. The Kier molecular flexibility index (Phi) is 4.98. The van der Waals surface area contributed by atoms with E-state index in [1.54, 1.807) is 5.57 Å². The summed E-state index contributed by atoms with van der Waals surface area (Å²) in [6.07, 6.45) is 9.47. The van der Waals surface area contributed by atoms with Crippen molar-refractivity contribution in [1.82, 2.24) is 5.48 Å². The number of allylic oxidation sites excluding steroid dienone is 1. The monoisotopic (exact) mass is 386 g/mol. The molecule has 0 aliphatic heterocycles. The van der Waals surface area contributed by atoms with Gasteiger partial charge < -0.3 is 10.5 Å². The number of hydrogen-bond acceptors (Lipinski definition) is 4. The molecule has 3 aliphatic carbocycles. The minimum absolute atomic E-state index is 0.150. The fourth-order valence-corrected chi connectivity index (χ4v) is 5.61. The molecule has 23 heavy (non-hydrogen) atoms. The van der Waals surface area contributed by atoms with Crippen LogP contribution in [0.2, 0.25) is 0 Å². The summed E-state index contributed by atoms with van der Waals surface area (Å²) >= 11 is 3.92. The summed E-state index contributed by atoms with van der Waals surface area (Å²) in [6, 6.07) is 0. The predicted octanol–water partition coefficient (Wildman–Crippen LogP) is 3.45. The molecule has 0 saturated heterocycles.